The molecule has 66 heavy (non-hydrogen) atoms. The van der Waals surface area contributed by atoms with Gasteiger partial charge in [-0.25, -0.2) is 0 Å². The van der Waals surface area contributed by atoms with Crippen molar-refractivity contribution >= 4 is 6.01 Å². The fraction of sp³-hybridized carbons (Fsp3) is 0.117. The van der Waals surface area contributed by atoms with Gasteiger partial charge in [0, 0.05) is 76.8 Å². The third-order valence-electron chi connectivity index (χ3n) is 14.9. The monoisotopic (exact) mass is 848 g/mol. The Hall–Kier alpha value is -8.18. The Labute approximate surface area is 384 Å². The Morgan fingerprint density at radius 2 is 0.909 bits per heavy atom. The maximum Gasteiger partial charge on any atom is 0.490 e. The van der Waals surface area contributed by atoms with Gasteiger partial charge in [0.2, 0.25) is 12.4 Å². The molecule has 3 atom stereocenters. The van der Waals surface area contributed by atoms with Crippen LogP contribution >= 0.6 is 0 Å². The van der Waals surface area contributed by atoms with E-state index in [1.807, 2.05) is 48.8 Å². The van der Waals surface area contributed by atoms with Gasteiger partial charge in [-0.15, -0.1) is 0 Å². The molecular formula is C60H44N6+2. The van der Waals surface area contributed by atoms with Crippen molar-refractivity contribution in [2.75, 3.05) is 7.05 Å². The molecule has 3 unspecified atom stereocenters. The molecule has 6 nitrogen and oxygen atoms in total. The van der Waals surface area contributed by atoms with Crippen molar-refractivity contribution in [3.8, 4) is 33.4 Å². The highest BCUT2D eigenvalue weighted by Gasteiger charge is 2.57. The number of benzene rings is 5. The maximum atomic E-state index is 5.32. The van der Waals surface area contributed by atoms with Crippen LogP contribution in [0.4, 0.5) is 0 Å². The Balaban J connectivity index is 1.14. The van der Waals surface area contributed by atoms with E-state index in [2.05, 4.69) is 200 Å². The fourth-order valence-electron chi connectivity index (χ4n) is 12.2. The topological polar surface area (TPSA) is 57.6 Å². The van der Waals surface area contributed by atoms with E-state index in [0.717, 1.165) is 39.1 Å². The largest absolute Gasteiger partial charge is 0.490 e. The number of hydrogen-bond acceptors (Lipinski definition) is 4. The van der Waals surface area contributed by atoms with Gasteiger partial charge in [0.1, 0.15) is 0 Å². The van der Waals surface area contributed by atoms with Gasteiger partial charge in [-0.2, -0.15) is 0 Å². The third kappa shape index (κ3) is 4.91. The first kappa shape index (κ1) is 38.3. The molecule has 13 rings (SSSR count). The second kappa shape index (κ2) is 14.2. The van der Waals surface area contributed by atoms with Crippen molar-refractivity contribution in [1.82, 2.24) is 19.9 Å². The molecule has 0 radical (unpaired) electrons. The van der Waals surface area contributed by atoms with E-state index in [9.17, 15) is 0 Å². The first-order valence-electron chi connectivity index (χ1n) is 22.7. The number of aromatic nitrogens is 4. The summed E-state index contributed by atoms with van der Waals surface area (Å²) < 4.78 is 4.27. The van der Waals surface area contributed by atoms with Crippen LogP contribution in [0.1, 0.15) is 86.7 Å². The minimum atomic E-state index is -0.750. The first-order chi connectivity index (χ1) is 32.5. The van der Waals surface area contributed by atoms with E-state index < -0.39 is 16.4 Å². The lowest BCUT2D eigenvalue weighted by molar-refractivity contribution is -0.533. The van der Waals surface area contributed by atoms with Crippen LogP contribution in [0.2, 0.25) is 0 Å². The molecule has 0 fully saturated rings. The van der Waals surface area contributed by atoms with E-state index in [-0.39, 0.29) is 0 Å². The fourth-order valence-corrected chi connectivity index (χ4v) is 12.2. The Kier molecular flexibility index (Phi) is 8.22. The standard InChI is InChI=1S/C60H44N6/c1-39(2)40-22-29-64-57(32-40)59(52-20-8-5-17-46(52)49-36-62-27-24-54(49)59)43-14-10-12-41(33-43)58(51-19-7-4-16-45(51)48-35-61-26-23-53(48)58)42-13-11-15-44(34-42)60(66-31-30-65(3)38-66)55-21-9-6-18-47(55)50-37-63-28-25-56(50)60/h4-37,39H,1-3H3/q+2. The number of pyridine rings is 4. The van der Waals surface area contributed by atoms with Crippen LogP contribution < -0.4 is 0 Å². The molecule has 3 aliphatic carbocycles. The van der Waals surface area contributed by atoms with Gasteiger partial charge in [-0.1, -0.05) is 138 Å². The van der Waals surface area contributed by atoms with E-state index in [1.54, 1.807) is 0 Å². The summed E-state index contributed by atoms with van der Waals surface area (Å²) in [4.78, 5) is 19.4. The summed E-state index contributed by atoms with van der Waals surface area (Å²) in [5.74, 6) is 0.323. The molecule has 5 heterocycles. The summed E-state index contributed by atoms with van der Waals surface area (Å²) >= 11 is 0. The van der Waals surface area contributed by atoms with Crippen LogP contribution in [0.3, 0.4) is 0 Å². The highest BCUT2D eigenvalue weighted by molar-refractivity contribution is 5.88. The molecule has 312 valence electrons. The zero-order valence-corrected chi connectivity index (χ0v) is 36.9. The first-order valence-corrected chi connectivity index (χ1v) is 22.7. The van der Waals surface area contributed by atoms with Crippen LogP contribution in [0, 0.1) is 0 Å². The lowest BCUT2D eigenvalue weighted by atomic mass is 9.64. The molecule has 5 aromatic carbocycles. The summed E-state index contributed by atoms with van der Waals surface area (Å²) in [5, 5.41) is 0. The lowest BCUT2D eigenvalue weighted by Gasteiger charge is -2.37. The highest BCUT2D eigenvalue weighted by atomic mass is 15.2. The number of fused-ring (bicyclic) bond motifs is 9. The number of hydrogen-bond donors (Lipinski definition) is 0. The highest BCUT2D eigenvalue weighted by Crippen LogP contribution is 2.60. The van der Waals surface area contributed by atoms with Gasteiger partial charge in [-0.05, 0) is 104 Å². The molecule has 0 saturated heterocycles. The smallest absolute Gasteiger partial charge is 0.264 e. The predicted octanol–water partition coefficient (Wildman–Crippen LogP) is 11.7. The minimum Gasteiger partial charge on any atom is -0.264 e. The number of rotatable bonds is 7. The van der Waals surface area contributed by atoms with Crippen LogP contribution in [0.15, 0.2) is 207 Å². The molecule has 0 spiro atoms. The van der Waals surface area contributed by atoms with Crippen molar-refractivity contribution in [3.63, 3.8) is 0 Å². The summed E-state index contributed by atoms with van der Waals surface area (Å²) in [7, 11) is 2.04. The average Bonchev–Trinajstić information content (AvgIpc) is 4.11. The lowest BCUT2D eigenvalue weighted by Crippen LogP contribution is -2.38. The summed E-state index contributed by atoms with van der Waals surface area (Å²) in [5.41, 5.74) is 18.7. The van der Waals surface area contributed by atoms with Crippen molar-refractivity contribution in [1.29, 1.82) is 0 Å². The van der Waals surface area contributed by atoms with Gasteiger partial charge < -0.3 is 0 Å². The quantitative estimate of drug-likeness (QED) is 0.150. The van der Waals surface area contributed by atoms with E-state index in [4.69, 9.17) is 15.0 Å². The molecular weight excluding hydrogens is 805 g/mol. The Morgan fingerprint density at radius 1 is 0.439 bits per heavy atom. The van der Waals surface area contributed by atoms with Gasteiger partial charge in [-0.3, -0.25) is 19.9 Å². The minimum absolute atomic E-state index is 0.323. The molecule has 4 aliphatic rings. The molecule has 9 aromatic rings. The maximum absolute atomic E-state index is 5.32. The predicted molar refractivity (Wildman–Crippen MR) is 259 cm³/mol. The molecule has 4 aromatic heterocycles. The van der Waals surface area contributed by atoms with Crippen LogP contribution in [0.5, 0.6) is 0 Å². The zero-order valence-electron chi connectivity index (χ0n) is 36.9. The molecule has 0 amide bonds. The van der Waals surface area contributed by atoms with E-state index >= 15 is 0 Å². The molecule has 0 saturated carbocycles. The summed E-state index contributed by atoms with van der Waals surface area (Å²) in [6, 6.07) is 60.1. The van der Waals surface area contributed by atoms with E-state index in [0.29, 0.717) is 5.92 Å². The van der Waals surface area contributed by atoms with Crippen molar-refractivity contribution in [2.24, 2.45) is 0 Å². The van der Waals surface area contributed by atoms with E-state index in [1.165, 1.54) is 61.2 Å². The zero-order chi connectivity index (χ0) is 44.2. The molecule has 1 aliphatic heterocycles. The van der Waals surface area contributed by atoms with Gasteiger partial charge >= 0.3 is 6.01 Å². The van der Waals surface area contributed by atoms with Crippen molar-refractivity contribution < 1.29 is 9.15 Å². The molecule has 6 heteroatoms. The van der Waals surface area contributed by atoms with Crippen molar-refractivity contribution in [2.45, 2.75) is 36.1 Å². The second-order valence-electron chi connectivity index (χ2n) is 18.3. The molecule has 0 bridgehead atoms. The number of nitrogens with zero attached hydrogens (tertiary/aromatic N) is 6. The average molecular weight is 849 g/mol. The second-order valence-corrected chi connectivity index (χ2v) is 18.3. The Morgan fingerprint density at radius 3 is 1.52 bits per heavy atom. The van der Waals surface area contributed by atoms with Crippen LogP contribution in [-0.4, -0.2) is 42.1 Å². The van der Waals surface area contributed by atoms with Crippen molar-refractivity contribution in [3.05, 3.63) is 274 Å². The summed E-state index contributed by atoms with van der Waals surface area (Å²) in [6.07, 6.45) is 18.1. The van der Waals surface area contributed by atoms with Gasteiger partial charge in [0.25, 0.3) is 5.54 Å². The summed E-state index contributed by atoms with van der Waals surface area (Å²) in [6.45, 7) is 4.51. The normalized spacial score (nSPS) is 20.2. The van der Waals surface area contributed by atoms with Crippen LogP contribution in [-0.2, 0) is 16.4 Å². The Bertz CT molecular complexity index is 3470. The van der Waals surface area contributed by atoms with Gasteiger partial charge in [0.15, 0.2) is 7.05 Å². The van der Waals surface area contributed by atoms with Crippen LogP contribution in [0.25, 0.3) is 33.4 Å². The van der Waals surface area contributed by atoms with Gasteiger partial charge in [0.05, 0.1) is 16.5 Å². The molecule has 0 N–H and O–H groups in total. The SMILES string of the molecule is CC(C)c1ccnc(C2(c3cccc(C4(c5cccc(C6([N+]7=C=[N+](C)C=C7)c7ccccc7-c7cnccc76)c5)c5ccccc5-c5cnccc54)c3)c3ccccc3-c3cnccc32)c1. The third-order valence-corrected chi connectivity index (χ3v) is 14.9.